The SMILES string of the molecule is CCC(CCO)CNC(=O)c1ccc(C)c(OC)c1. The van der Waals surface area contributed by atoms with Gasteiger partial charge in [-0.25, -0.2) is 0 Å². The summed E-state index contributed by atoms with van der Waals surface area (Å²) in [5.41, 5.74) is 1.60. The van der Waals surface area contributed by atoms with E-state index in [-0.39, 0.29) is 12.5 Å². The number of carbonyl (C=O) groups excluding carboxylic acids is 1. The smallest absolute Gasteiger partial charge is 0.251 e. The van der Waals surface area contributed by atoms with Crippen molar-refractivity contribution in [3.63, 3.8) is 0 Å². The maximum Gasteiger partial charge on any atom is 0.251 e. The van der Waals surface area contributed by atoms with Gasteiger partial charge in [0, 0.05) is 18.7 Å². The number of aryl methyl sites for hydroxylation is 1. The Hall–Kier alpha value is -1.55. The quantitative estimate of drug-likeness (QED) is 0.794. The van der Waals surface area contributed by atoms with Gasteiger partial charge in [-0.3, -0.25) is 4.79 Å². The Morgan fingerprint density at radius 1 is 1.47 bits per heavy atom. The van der Waals surface area contributed by atoms with Crippen LogP contribution in [0, 0.1) is 12.8 Å². The van der Waals surface area contributed by atoms with Crippen LogP contribution in [-0.4, -0.2) is 31.3 Å². The average Bonchev–Trinajstić information content (AvgIpc) is 2.43. The Morgan fingerprint density at radius 2 is 2.21 bits per heavy atom. The molecule has 0 heterocycles. The molecular formula is C15H23NO3. The number of hydrogen-bond acceptors (Lipinski definition) is 3. The summed E-state index contributed by atoms with van der Waals surface area (Å²) in [4.78, 5) is 12.0. The van der Waals surface area contributed by atoms with Gasteiger partial charge in [-0.15, -0.1) is 0 Å². The zero-order valence-electron chi connectivity index (χ0n) is 11.9. The number of hydrogen-bond donors (Lipinski definition) is 2. The minimum atomic E-state index is -0.102. The Balaban J connectivity index is 2.62. The van der Waals surface area contributed by atoms with Crippen molar-refractivity contribution in [2.24, 2.45) is 5.92 Å². The second-order valence-corrected chi connectivity index (χ2v) is 4.68. The van der Waals surface area contributed by atoms with E-state index in [0.29, 0.717) is 24.4 Å². The number of nitrogens with one attached hydrogen (secondary N) is 1. The molecule has 1 rings (SSSR count). The van der Waals surface area contributed by atoms with Crippen LogP contribution in [0.2, 0.25) is 0 Å². The van der Waals surface area contributed by atoms with E-state index in [1.807, 2.05) is 13.0 Å². The van der Waals surface area contributed by atoms with Gasteiger partial charge in [0.1, 0.15) is 5.75 Å². The Bertz CT molecular complexity index is 418. The van der Waals surface area contributed by atoms with Gasteiger partial charge in [0.15, 0.2) is 0 Å². The molecule has 1 aromatic rings. The highest BCUT2D eigenvalue weighted by atomic mass is 16.5. The molecule has 0 saturated carbocycles. The molecule has 0 aliphatic heterocycles. The first-order chi connectivity index (χ1) is 9.12. The van der Waals surface area contributed by atoms with Crippen LogP contribution >= 0.6 is 0 Å². The van der Waals surface area contributed by atoms with E-state index in [9.17, 15) is 4.79 Å². The predicted molar refractivity (Wildman–Crippen MR) is 75.5 cm³/mol. The van der Waals surface area contributed by atoms with Gasteiger partial charge in [0.2, 0.25) is 0 Å². The van der Waals surface area contributed by atoms with Crippen molar-refractivity contribution >= 4 is 5.91 Å². The molecule has 1 atom stereocenters. The first kappa shape index (κ1) is 15.5. The molecule has 0 spiro atoms. The summed E-state index contributed by atoms with van der Waals surface area (Å²) in [7, 11) is 1.60. The minimum Gasteiger partial charge on any atom is -0.496 e. The molecule has 4 nitrogen and oxygen atoms in total. The van der Waals surface area contributed by atoms with Crippen molar-refractivity contribution < 1.29 is 14.6 Å². The summed E-state index contributed by atoms with van der Waals surface area (Å²) >= 11 is 0. The van der Waals surface area contributed by atoms with Crippen LogP contribution in [0.25, 0.3) is 0 Å². The Morgan fingerprint density at radius 3 is 2.79 bits per heavy atom. The normalized spacial score (nSPS) is 12.0. The van der Waals surface area contributed by atoms with E-state index < -0.39 is 0 Å². The third-order valence-electron chi connectivity index (χ3n) is 3.34. The van der Waals surface area contributed by atoms with Crippen LogP contribution < -0.4 is 10.1 Å². The maximum atomic E-state index is 12.0. The first-order valence-corrected chi connectivity index (χ1v) is 6.66. The Kier molecular flexibility index (Phi) is 6.36. The summed E-state index contributed by atoms with van der Waals surface area (Å²) in [5.74, 6) is 0.936. The van der Waals surface area contributed by atoms with Crippen LogP contribution in [0.3, 0.4) is 0 Å². The van der Waals surface area contributed by atoms with Gasteiger partial charge in [-0.1, -0.05) is 19.4 Å². The lowest BCUT2D eigenvalue weighted by Crippen LogP contribution is -2.29. The molecule has 0 aliphatic carbocycles. The minimum absolute atomic E-state index is 0.102. The molecule has 0 saturated heterocycles. The lowest BCUT2D eigenvalue weighted by molar-refractivity contribution is 0.0943. The fraction of sp³-hybridized carbons (Fsp3) is 0.533. The molecule has 1 amide bonds. The lowest BCUT2D eigenvalue weighted by Gasteiger charge is -2.14. The van der Waals surface area contributed by atoms with Crippen molar-refractivity contribution in [1.29, 1.82) is 0 Å². The molecule has 0 fully saturated rings. The number of carbonyl (C=O) groups is 1. The molecule has 106 valence electrons. The number of methoxy groups -OCH3 is 1. The van der Waals surface area contributed by atoms with E-state index in [4.69, 9.17) is 9.84 Å². The number of benzene rings is 1. The maximum absolute atomic E-state index is 12.0. The number of aliphatic hydroxyl groups excluding tert-OH is 1. The number of ether oxygens (including phenoxy) is 1. The van der Waals surface area contributed by atoms with Crippen LogP contribution in [0.15, 0.2) is 18.2 Å². The summed E-state index contributed by atoms with van der Waals surface area (Å²) in [6, 6.07) is 5.41. The van der Waals surface area contributed by atoms with Gasteiger partial charge in [-0.05, 0) is 37.0 Å². The summed E-state index contributed by atoms with van der Waals surface area (Å²) in [6.45, 7) is 4.75. The molecule has 1 unspecified atom stereocenters. The van der Waals surface area contributed by atoms with Crippen molar-refractivity contribution in [1.82, 2.24) is 5.32 Å². The third-order valence-corrected chi connectivity index (χ3v) is 3.34. The molecule has 4 heteroatoms. The topological polar surface area (TPSA) is 58.6 Å². The van der Waals surface area contributed by atoms with Crippen LogP contribution in [-0.2, 0) is 0 Å². The van der Waals surface area contributed by atoms with E-state index in [1.165, 1.54) is 0 Å². The van der Waals surface area contributed by atoms with Gasteiger partial charge in [0.05, 0.1) is 7.11 Å². The third kappa shape index (κ3) is 4.56. The number of aliphatic hydroxyl groups is 1. The van der Waals surface area contributed by atoms with Crippen molar-refractivity contribution in [2.45, 2.75) is 26.7 Å². The monoisotopic (exact) mass is 265 g/mol. The predicted octanol–water partition coefficient (Wildman–Crippen LogP) is 2.14. The highest BCUT2D eigenvalue weighted by Crippen LogP contribution is 2.19. The molecule has 1 aromatic carbocycles. The highest BCUT2D eigenvalue weighted by Gasteiger charge is 2.11. The van der Waals surface area contributed by atoms with Gasteiger partial charge in [-0.2, -0.15) is 0 Å². The summed E-state index contributed by atoms with van der Waals surface area (Å²) in [5, 5.41) is 11.8. The molecule has 0 bridgehead atoms. The van der Waals surface area contributed by atoms with Gasteiger partial charge in [0.25, 0.3) is 5.91 Å². The molecule has 0 aliphatic rings. The lowest BCUT2D eigenvalue weighted by atomic mass is 10.0. The van der Waals surface area contributed by atoms with Crippen molar-refractivity contribution in [3.8, 4) is 5.75 Å². The summed E-state index contributed by atoms with van der Waals surface area (Å²) < 4.78 is 5.21. The van der Waals surface area contributed by atoms with E-state index in [2.05, 4.69) is 12.2 Å². The molecular weight excluding hydrogens is 242 g/mol. The van der Waals surface area contributed by atoms with Gasteiger partial charge >= 0.3 is 0 Å². The van der Waals surface area contributed by atoms with Crippen LogP contribution in [0.5, 0.6) is 5.75 Å². The van der Waals surface area contributed by atoms with Crippen LogP contribution in [0.4, 0.5) is 0 Å². The fourth-order valence-corrected chi connectivity index (χ4v) is 1.93. The number of rotatable bonds is 7. The molecule has 2 N–H and O–H groups in total. The Labute approximate surface area is 114 Å². The standard InChI is InChI=1S/C15H23NO3/c1-4-12(7-8-17)10-16-15(18)13-6-5-11(2)14(9-13)19-3/h5-6,9,12,17H,4,7-8,10H2,1-3H3,(H,16,18). The number of amides is 1. The summed E-state index contributed by atoms with van der Waals surface area (Å²) in [6.07, 6.45) is 1.66. The van der Waals surface area contributed by atoms with E-state index in [1.54, 1.807) is 19.2 Å². The highest BCUT2D eigenvalue weighted by molar-refractivity contribution is 5.94. The zero-order chi connectivity index (χ0) is 14.3. The second-order valence-electron chi connectivity index (χ2n) is 4.68. The molecule has 0 radical (unpaired) electrons. The largest absolute Gasteiger partial charge is 0.496 e. The van der Waals surface area contributed by atoms with E-state index >= 15 is 0 Å². The second kappa shape index (κ2) is 7.79. The fourth-order valence-electron chi connectivity index (χ4n) is 1.93. The van der Waals surface area contributed by atoms with Crippen molar-refractivity contribution in [2.75, 3.05) is 20.3 Å². The molecule has 0 aromatic heterocycles. The van der Waals surface area contributed by atoms with Crippen LogP contribution in [0.1, 0.15) is 35.7 Å². The zero-order valence-corrected chi connectivity index (χ0v) is 11.9. The van der Waals surface area contributed by atoms with Gasteiger partial charge < -0.3 is 15.2 Å². The van der Waals surface area contributed by atoms with Crippen molar-refractivity contribution in [3.05, 3.63) is 29.3 Å². The first-order valence-electron chi connectivity index (χ1n) is 6.66. The van der Waals surface area contributed by atoms with E-state index in [0.717, 1.165) is 17.7 Å². The average molecular weight is 265 g/mol. The molecule has 19 heavy (non-hydrogen) atoms.